The molecule has 2 aliphatic heterocycles. The van der Waals surface area contributed by atoms with Crippen molar-refractivity contribution in [2.24, 2.45) is 11.8 Å². The molecule has 0 saturated carbocycles. The lowest BCUT2D eigenvalue weighted by Crippen LogP contribution is -2.48. The number of likely N-dealkylation sites (N-methyl/N-ethyl adjacent to an activating group) is 1. The van der Waals surface area contributed by atoms with E-state index in [1.807, 2.05) is 19.1 Å². The molecule has 27 heavy (non-hydrogen) atoms. The highest BCUT2D eigenvalue weighted by atomic mass is 35.5. The van der Waals surface area contributed by atoms with Crippen LogP contribution >= 0.6 is 37.2 Å². The number of anilines is 1. The first-order valence-corrected chi connectivity index (χ1v) is 9.21. The van der Waals surface area contributed by atoms with E-state index in [9.17, 15) is 4.79 Å². The zero-order chi connectivity index (χ0) is 16.9. The van der Waals surface area contributed by atoms with Gasteiger partial charge in [0.25, 0.3) is 0 Å². The summed E-state index contributed by atoms with van der Waals surface area (Å²) < 4.78 is 0. The lowest BCUT2D eigenvalue weighted by molar-refractivity contribution is -0.121. The number of rotatable bonds is 6. The molecule has 5 nitrogen and oxygen atoms in total. The summed E-state index contributed by atoms with van der Waals surface area (Å²) in [7, 11) is 0. The SMILES string of the molecule is CCN1CCN(Cc2ccc(NC(=O)C(C)C3CNC3)cc2)CC1.Cl.Cl.Cl. The second-order valence-corrected chi connectivity index (χ2v) is 7.10. The molecule has 1 aromatic rings. The Morgan fingerprint density at radius 2 is 1.63 bits per heavy atom. The van der Waals surface area contributed by atoms with Crippen LogP contribution in [-0.2, 0) is 11.3 Å². The van der Waals surface area contributed by atoms with Crippen LogP contribution in [0.25, 0.3) is 0 Å². The number of halogens is 3. The van der Waals surface area contributed by atoms with Gasteiger partial charge in [-0.25, -0.2) is 0 Å². The molecule has 2 saturated heterocycles. The molecule has 3 rings (SSSR count). The predicted molar refractivity (Wildman–Crippen MR) is 120 cm³/mol. The van der Waals surface area contributed by atoms with Crippen LogP contribution in [0.1, 0.15) is 19.4 Å². The maximum atomic E-state index is 12.3. The van der Waals surface area contributed by atoms with Gasteiger partial charge >= 0.3 is 0 Å². The van der Waals surface area contributed by atoms with E-state index in [-0.39, 0.29) is 49.0 Å². The summed E-state index contributed by atoms with van der Waals surface area (Å²) in [5.41, 5.74) is 2.22. The van der Waals surface area contributed by atoms with Crippen molar-refractivity contribution in [1.82, 2.24) is 15.1 Å². The number of amides is 1. The smallest absolute Gasteiger partial charge is 0.227 e. The average Bonchev–Trinajstić information content (AvgIpc) is 2.55. The largest absolute Gasteiger partial charge is 0.326 e. The van der Waals surface area contributed by atoms with Gasteiger partial charge in [0.1, 0.15) is 0 Å². The topological polar surface area (TPSA) is 47.6 Å². The molecule has 0 aromatic heterocycles. The minimum atomic E-state index is 0. The normalized spacial score (nSPS) is 18.9. The first-order chi connectivity index (χ1) is 11.7. The monoisotopic (exact) mass is 438 g/mol. The molecule has 0 bridgehead atoms. The van der Waals surface area contributed by atoms with E-state index in [2.05, 4.69) is 39.5 Å². The fourth-order valence-electron chi connectivity index (χ4n) is 3.35. The van der Waals surface area contributed by atoms with Crippen molar-refractivity contribution in [1.29, 1.82) is 0 Å². The summed E-state index contributed by atoms with van der Waals surface area (Å²) in [6.45, 7) is 12.9. The summed E-state index contributed by atoms with van der Waals surface area (Å²) in [4.78, 5) is 17.3. The van der Waals surface area contributed by atoms with Gasteiger partial charge in [0.2, 0.25) is 5.91 Å². The lowest BCUT2D eigenvalue weighted by Gasteiger charge is -2.34. The summed E-state index contributed by atoms with van der Waals surface area (Å²) in [5.74, 6) is 0.678. The van der Waals surface area contributed by atoms with E-state index in [0.29, 0.717) is 5.92 Å². The van der Waals surface area contributed by atoms with Crippen LogP contribution in [0.2, 0.25) is 0 Å². The molecule has 2 fully saturated rings. The van der Waals surface area contributed by atoms with Gasteiger partial charge in [0.05, 0.1) is 0 Å². The zero-order valence-corrected chi connectivity index (χ0v) is 18.6. The molecule has 1 aromatic carbocycles. The van der Waals surface area contributed by atoms with E-state index in [1.54, 1.807) is 0 Å². The zero-order valence-electron chi connectivity index (χ0n) is 16.1. The molecule has 1 unspecified atom stereocenters. The van der Waals surface area contributed by atoms with Gasteiger partial charge in [0.15, 0.2) is 0 Å². The highest BCUT2D eigenvalue weighted by molar-refractivity contribution is 5.92. The third kappa shape index (κ3) is 7.41. The second kappa shape index (κ2) is 12.8. The molecule has 156 valence electrons. The molecule has 0 spiro atoms. The van der Waals surface area contributed by atoms with E-state index in [0.717, 1.165) is 45.0 Å². The number of piperazine rings is 1. The van der Waals surface area contributed by atoms with Gasteiger partial charge in [-0.15, -0.1) is 37.2 Å². The predicted octanol–water partition coefficient (Wildman–Crippen LogP) is 2.88. The molecule has 0 radical (unpaired) electrons. The van der Waals surface area contributed by atoms with Crippen molar-refractivity contribution in [3.05, 3.63) is 29.8 Å². The van der Waals surface area contributed by atoms with Gasteiger partial charge < -0.3 is 15.5 Å². The van der Waals surface area contributed by atoms with E-state index in [1.165, 1.54) is 18.7 Å². The average molecular weight is 440 g/mol. The van der Waals surface area contributed by atoms with Gasteiger partial charge in [0, 0.05) is 44.3 Å². The number of hydrogen-bond acceptors (Lipinski definition) is 4. The first kappa shape index (κ1) is 26.4. The summed E-state index contributed by atoms with van der Waals surface area (Å²) in [6, 6.07) is 8.33. The molecular formula is C19H33Cl3N4O. The number of carbonyl (C=O) groups excluding carboxylic acids is 1. The Bertz CT molecular complexity index is 546. The van der Waals surface area contributed by atoms with Gasteiger partial charge in [-0.1, -0.05) is 26.0 Å². The Morgan fingerprint density at radius 3 is 2.11 bits per heavy atom. The molecule has 0 aliphatic carbocycles. The van der Waals surface area contributed by atoms with Crippen molar-refractivity contribution in [3.63, 3.8) is 0 Å². The van der Waals surface area contributed by atoms with Crippen molar-refractivity contribution in [3.8, 4) is 0 Å². The van der Waals surface area contributed by atoms with Crippen LogP contribution in [-0.4, -0.2) is 61.5 Å². The van der Waals surface area contributed by atoms with Crippen LogP contribution in [0.5, 0.6) is 0 Å². The number of nitrogens with zero attached hydrogens (tertiary/aromatic N) is 2. The molecule has 2 heterocycles. The first-order valence-electron chi connectivity index (χ1n) is 9.21. The van der Waals surface area contributed by atoms with Crippen LogP contribution < -0.4 is 10.6 Å². The Kier molecular flexibility index (Phi) is 12.5. The maximum absolute atomic E-state index is 12.3. The van der Waals surface area contributed by atoms with Crippen molar-refractivity contribution in [2.75, 3.05) is 51.1 Å². The van der Waals surface area contributed by atoms with Crippen molar-refractivity contribution < 1.29 is 4.79 Å². The van der Waals surface area contributed by atoms with Gasteiger partial charge in [-0.3, -0.25) is 9.69 Å². The Morgan fingerprint density at radius 1 is 1.07 bits per heavy atom. The lowest BCUT2D eigenvalue weighted by atomic mass is 9.88. The van der Waals surface area contributed by atoms with E-state index >= 15 is 0 Å². The molecule has 1 amide bonds. The van der Waals surface area contributed by atoms with Crippen LogP contribution in [0, 0.1) is 11.8 Å². The summed E-state index contributed by atoms with van der Waals surface area (Å²) in [6.07, 6.45) is 0. The highest BCUT2D eigenvalue weighted by Crippen LogP contribution is 2.19. The Balaban J connectivity index is 0.00000225. The summed E-state index contributed by atoms with van der Waals surface area (Å²) >= 11 is 0. The molecule has 2 N–H and O–H groups in total. The molecule has 2 aliphatic rings. The minimum Gasteiger partial charge on any atom is -0.326 e. The Labute approximate surface area is 181 Å². The maximum Gasteiger partial charge on any atom is 0.227 e. The van der Waals surface area contributed by atoms with E-state index < -0.39 is 0 Å². The number of carbonyl (C=O) groups is 1. The third-order valence-corrected chi connectivity index (χ3v) is 5.47. The van der Waals surface area contributed by atoms with Crippen LogP contribution in [0.4, 0.5) is 5.69 Å². The second-order valence-electron chi connectivity index (χ2n) is 7.10. The quantitative estimate of drug-likeness (QED) is 0.715. The minimum absolute atomic E-state index is 0. The fraction of sp³-hybridized carbons (Fsp3) is 0.632. The standard InChI is InChI=1S/C19H30N4O.3ClH/c1-3-22-8-10-23(11-9-22)14-16-4-6-18(7-5-16)21-19(24)15(2)17-12-20-13-17;;;/h4-7,15,17,20H,3,8-14H2,1-2H3,(H,21,24);3*1H. The third-order valence-electron chi connectivity index (χ3n) is 5.47. The molecule has 8 heteroatoms. The van der Waals surface area contributed by atoms with E-state index in [4.69, 9.17) is 0 Å². The fourth-order valence-corrected chi connectivity index (χ4v) is 3.35. The number of hydrogen-bond donors (Lipinski definition) is 2. The molecule has 1 atom stereocenters. The van der Waals surface area contributed by atoms with Crippen LogP contribution in [0.3, 0.4) is 0 Å². The van der Waals surface area contributed by atoms with Crippen molar-refractivity contribution in [2.45, 2.75) is 20.4 Å². The highest BCUT2D eigenvalue weighted by Gasteiger charge is 2.28. The number of benzene rings is 1. The van der Waals surface area contributed by atoms with Gasteiger partial charge in [-0.2, -0.15) is 0 Å². The van der Waals surface area contributed by atoms with Gasteiger partial charge in [-0.05, 0) is 43.2 Å². The van der Waals surface area contributed by atoms with Crippen LogP contribution in [0.15, 0.2) is 24.3 Å². The number of nitrogens with one attached hydrogen (secondary N) is 2. The molecular weight excluding hydrogens is 407 g/mol. The summed E-state index contributed by atoms with van der Waals surface area (Å²) in [5, 5.41) is 6.27. The van der Waals surface area contributed by atoms with Crippen molar-refractivity contribution >= 4 is 48.8 Å². The Hall–Kier alpha value is -0.560.